The summed E-state index contributed by atoms with van der Waals surface area (Å²) in [7, 11) is 0. The van der Waals surface area contributed by atoms with Gasteiger partial charge in [0.2, 0.25) is 0 Å². The molecule has 0 amide bonds. The molecule has 0 bridgehead atoms. The number of halogens is 1. The third kappa shape index (κ3) is 4.96. The zero-order valence-corrected chi connectivity index (χ0v) is 14.1. The molecule has 1 aromatic rings. The quantitative estimate of drug-likeness (QED) is 0.558. The fourth-order valence-electron chi connectivity index (χ4n) is 2.19. The fourth-order valence-corrected chi connectivity index (χ4v) is 2.36. The van der Waals surface area contributed by atoms with E-state index < -0.39 is 0 Å². The van der Waals surface area contributed by atoms with Gasteiger partial charge in [-0.25, -0.2) is 4.99 Å². The highest BCUT2D eigenvalue weighted by Gasteiger charge is 2.16. The summed E-state index contributed by atoms with van der Waals surface area (Å²) in [4.78, 5) is 4.44. The molecule has 0 aromatic heterocycles. The number of hydrogen-bond acceptors (Lipinski definition) is 4. The number of allylic oxidation sites excluding steroid dienone is 2. The lowest BCUT2D eigenvalue weighted by Crippen LogP contribution is -2.20. The molecular formula is C18H22ClN3O. The molecule has 122 valence electrons. The van der Waals surface area contributed by atoms with E-state index in [1.807, 2.05) is 18.2 Å². The van der Waals surface area contributed by atoms with Crippen LogP contribution < -0.4 is 5.73 Å². The standard InChI is InChI=1S/C18H22ClN3O/c1-2-3-4-7-10-23-18-12-17(14(20)11-15(18)21)22-16-9-6-5-8-13(16)19/h5-6,8-9,11-12,20H,2-4,7,10,21H2,1H3. The highest BCUT2D eigenvalue weighted by atomic mass is 35.5. The van der Waals surface area contributed by atoms with E-state index in [-0.39, 0.29) is 5.71 Å². The van der Waals surface area contributed by atoms with Crippen molar-refractivity contribution in [1.82, 2.24) is 0 Å². The van der Waals surface area contributed by atoms with Crippen molar-refractivity contribution in [2.45, 2.75) is 32.6 Å². The van der Waals surface area contributed by atoms with Crippen LogP contribution in [0.2, 0.25) is 5.02 Å². The number of rotatable bonds is 7. The predicted octanol–water partition coefficient (Wildman–Crippen LogP) is 4.77. The maximum Gasteiger partial charge on any atom is 0.144 e. The van der Waals surface area contributed by atoms with Crippen LogP contribution in [0.5, 0.6) is 0 Å². The first-order valence-corrected chi connectivity index (χ1v) is 8.23. The summed E-state index contributed by atoms with van der Waals surface area (Å²) in [6, 6.07) is 7.28. The van der Waals surface area contributed by atoms with Gasteiger partial charge in [-0.1, -0.05) is 49.9 Å². The maximum atomic E-state index is 8.02. The number of aliphatic imine (C=N–C) groups is 1. The van der Waals surface area contributed by atoms with Crippen LogP contribution in [0.25, 0.3) is 0 Å². The number of ether oxygens (including phenoxy) is 1. The molecule has 5 heteroatoms. The van der Waals surface area contributed by atoms with E-state index in [1.54, 1.807) is 18.2 Å². The summed E-state index contributed by atoms with van der Waals surface area (Å²) in [5.74, 6) is 0.573. The molecule has 0 fully saturated rings. The van der Waals surface area contributed by atoms with Crippen molar-refractivity contribution in [3.05, 3.63) is 52.9 Å². The van der Waals surface area contributed by atoms with Gasteiger partial charge in [0, 0.05) is 6.08 Å². The number of nitrogens with zero attached hydrogens (tertiary/aromatic N) is 1. The Kier molecular flexibility index (Phi) is 6.41. The summed E-state index contributed by atoms with van der Waals surface area (Å²) in [6.45, 7) is 2.79. The largest absolute Gasteiger partial charge is 0.491 e. The van der Waals surface area contributed by atoms with Gasteiger partial charge in [-0.15, -0.1) is 0 Å². The van der Waals surface area contributed by atoms with Crippen LogP contribution in [0.15, 0.2) is 52.9 Å². The molecule has 4 nitrogen and oxygen atoms in total. The number of para-hydroxylation sites is 1. The molecule has 0 heterocycles. The highest BCUT2D eigenvalue weighted by Crippen LogP contribution is 2.25. The summed E-state index contributed by atoms with van der Waals surface area (Å²) in [6.07, 6.45) is 7.81. The van der Waals surface area contributed by atoms with Crippen LogP contribution in [-0.2, 0) is 4.74 Å². The summed E-state index contributed by atoms with van der Waals surface area (Å²) < 4.78 is 5.75. The van der Waals surface area contributed by atoms with Gasteiger partial charge in [0.1, 0.15) is 5.76 Å². The molecule has 23 heavy (non-hydrogen) atoms. The SMILES string of the molecule is CCCCCCOC1=CC(=Nc2ccccc2Cl)C(=N)C=C1N. The molecule has 0 radical (unpaired) electrons. The van der Waals surface area contributed by atoms with Gasteiger partial charge in [0.15, 0.2) is 0 Å². The van der Waals surface area contributed by atoms with Gasteiger partial charge in [0.05, 0.1) is 34.4 Å². The monoisotopic (exact) mass is 331 g/mol. The first kappa shape index (κ1) is 17.3. The Morgan fingerprint density at radius 2 is 1.96 bits per heavy atom. The molecule has 0 aliphatic heterocycles. The second-order valence-corrected chi connectivity index (χ2v) is 5.79. The Balaban J connectivity index is 2.11. The molecule has 0 saturated carbocycles. The normalized spacial score (nSPS) is 16.3. The van der Waals surface area contributed by atoms with Crippen molar-refractivity contribution < 1.29 is 4.74 Å². The van der Waals surface area contributed by atoms with E-state index in [2.05, 4.69) is 11.9 Å². The van der Waals surface area contributed by atoms with E-state index in [0.29, 0.717) is 34.5 Å². The first-order chi connectivity index (χ1) is 11.1. The van der Waals surface area contributed by atoms with Crippen molar-refractivity contribution in [2.75, 3.05) is 6.61 Å². The Hall–Kier alpha value is -2.07. The van der Waals surface area contributed by atoms with Crippen molar-refractivity contribution in [2.24, 2.45) is 10.7 Å². The van der Waals surface area contributed by atoms with Crippen molar-refractivity contribution in [3.8, 4) is 0 Å². The molecule has 1 aromatic carbocycles. The molecule has 0 saturated heterocycles. The minimum Gasteiger partial charge on any atom is -0.491 e. The van der Waals surface area contributed by atoms with E-state index in [9.17, 15) is 0 Å². The summed E-state index contributed by atoms with van der Waals surface area (Å²) in [5.41, 5.74) is 7.78. The average Bonchev–Trinajstić information content (AvgIpc) is 2.53. The fraction of sp³-hybridized carbons (Fsp3) is 0.333. The van der Waals surface area contributed by atoms with E-state index in [0.717, 1.165) is 12.8 Å². The minimum atomic E-state index is 0.251. The number of benzene rings is 1. The van der Waals surface area contributed by atoms with Gasteiger partial charge in [-0.3, -0.25) is 5.41 Å². The third-order valence-corrected chi connectivity index (χ3v) is 3.80. The molecule has 0 atom stereocenters. The molecule has 2 rings (SSSR count). The molecule has 0 spiro atoms. The maximum absolute atomic E-state index is 8.02. The number of nitrogens with one attached hydrogen (secondary N) is 1. The van der Waals surface area contributed by atoms with Gasteiger partial charge in [-0.05, 0) is 24.6 Å². The zero-order chi connectivity index (χ0) is 16.7. The number of nitrogens with two attached hydrogens (primary N) is 1. The first-order valence-electron chi connectivity index (χ1n) is 7.86. The minimum absolute atomic E-state index is 0.251. The third-order valence-electron chi connectivity index (χ3n) is 3.48. The Bertz CT molecular complexity index is 662. The molecule has 3 N–H and O–H groups in total. The average molecular weight is 332 g/mol. The van der Waals surface area contributed by atoms with Crippen molar-refractivity contribution in [1.29, 1.82) is 5.41 Å². The summed E-state index contributed by atoms with van der Waals surface area (Å²) >= 11 is 6.12. The van der Waals surface area contributed by atoms with Crippen LogP contribution in [0, 0.1) is 5.41 Å². The topological polar surface area (TPSA) is 71.5 Å². The zero-order valence-electron chi connectivity index (χ0n) is 13.3. The lowest BCUT2D eigenvalue weighted by Gasteiger charge is -2.16. The second-order valence-electron chi connectivity index (χ2n) is 5.38. The van der Waals surface area contributed by atoms with Crippen LogP contribution in [-0.4, -0.2) is 18.0 Å². The van der Waals surface area contributed by atoms with E-state index >= 15 is 0 Å². The van der Waals surface area contributed by atoms with E-state index in [1.165, 1.54) is 12.8 Å². The van der Waals surface area contributed by atoms with Crippen molar-refractivity contribution >= 4 is 28.7 Å². The van der Waals surface area contributed by atoms with Crippen LogP contribution in [0.3, 0.4) is 0 Å². The van der Waals surface area contributed by atoms with Gasteiger partial charge < -0.3 is 10.5 Å². The smallest absolute Gasteiger partial charge is 0.144 e. The predicted molar refractivity (Wildman–Crippen MR) is 96.7 cm³/mol. The molecule has 0 unspecified atom stereocenters. The van der Waals surface area contributed by atoms with Crippen LogP contribution >= 0.6 is 11.6 Å². The van der Waals surface area contributed by atoms with E-state index in [4.69, 9.17) is 27.5 Å². The lowest BCUT2D eigenvalue weighted by molar-refractivity contribution is 0.212. The Labute approximate surface area is 142 Å². The van der Waals surface area contributed by atoms with Crippen LogP contribution in [0.4, 0.5) is 5.69 Å². The van der Waals surface area contributed by atoms with Gasteiger partial charge in [0.25, 0.3) is 0 Å². The van der Waals surface area contributed by atoms with Crippen LogP contribution in [0.1, 0.15) is 32.6 Å². The molecule has 1 aliphatic carbocycles. The van der Waals surface area contributed by atoms with Crippen molar-refractivity contribution in [3.63, 3.8) is 0 Å². The molecule has 1 aliphatic rings. The lowest BCUT2D eigenvalue weighted by atomic mass is 10.1. The second kappa shape index (κ2) is 8.53. The number of unbranched alkanes of at least 4 members (excludes halogenated alkanes) is 3. The van der Waals surface area contributed by atoms with Gasteiger partial charge >= 0.3 is 0 Å². The van der Waals surface area contributed by atoms with Gasteiger partial charge in [-0.2, -0.15) is 0 Å². The Morgan fingerprint density at radius 3 is 2.70 bits per heavy atom. The Morgan fingerprint density at radius 1 is 1.17 bits per heavy atom. The number of hydrogen-bond donors (Lipinski definition) is 2. The highest BCUT2D eigenvalue weighted by molar-refractivity contribution is 6.51. The summed E-state index contributed by atoms with van der Waals surface area (Å²) in [5, 5.41) is 8.57. The molecular weight excluding hydrogens is 310 g/mol.